The Kier molecular flexibility index (Phi) is 4.15. The number of rotatable bonds is 2. The highest BCUT2D eigenvalue weighted by molar-refractivity contribution is 6.30. The van der Waals surface area contributed by atoms with Crippen molar-refractivity contribution < 1.29 is 4.70 Å². The van der Waals surface area contributed by atoms with E-state index >= 15 is 0 Å². The van der Waals surface area contributed by atoms with Crippen LogP contribution in [0.15, 0.2) is 45.7 Å². The molecule has 3 N–H and O–H groups in total. The predicted molar refractivity (Wildman–Crippen MR) is 125 cm³/mol. The summed E-state index contributed by atoms with van der Waals surface area (Å²) in [6.07, 6.45) is 9.31. The lowest BCUT2D eigenvalue weighted by molar-refractivity contribution is -0.915. The monoisotopic (exact) mass is 419 g/mol. The molecule has 162 valence electrons. The van der Waals surface area contributed by atoms with Crippen molar-refractivity contribution in [1.29, 1.82) is 0 Å². The van der Waals surface area contributed by atoms with Crippen LogP contribution in [0.25, 0.3) is 0 Å². The fourth-order valence-electron chi connectivity index (χ4n) is 5.67. The minimum Gasteiger partial charge on any atom is -0.385 e. The smallest absolute Gasteiger partial charge is 0.301 e. The summed E-state index contributed by atoms with van der Waals surface area (Å²) in [6.45, 7) is 9.87. The molecule has 0 saturated carbocycles. The molecule has 2 atom stereocenters. The SMILES string of the molecule is CC1(C)CCNc2cc(NC3=N[N+]4(N5CCC6(CCNC6)C5)C=CN=CC4=N3)ccc21. The first-order chi connectivity index (χ1) is 15.0. The first-order valence-electron chi connectivity index (χ1n) is 11.4. The molecule has 1 aromatic carbocycles. The number of amidine groups is 1. The van der Waals surface area contributed by atoms with Crippen molar-refractivity contribution in [1.82, 2.24) is 10.3 Å². The van der Waals surface area contributed by atoms with Crippen molar-refractivity contribution in [2.24, 2.45) is 20.5 Å². The van der Waals surface area contributed by atoms with Gasteiger partial charge in [-0.1, -0.05) is 19.9 Å². The van der Waals surface area contributed by atoms with E-state index in [0.29, 0.717) is 16.1 Å². The van der Waals surface area contributed by atoms with E-state index in [-0.39, 0.29) is 5.41 Å². The number of benzene rings is 1. The van der Waals surface area contributed by atoms with Crippen LogP contribution < -0.4 is 16.0 Å². The van der Waals surface area contributed by atoms with Gasteiger partial charge in [0, 0.05) is 29.9 Å². The van der Waals surface area contributed by atoms with E-state index in [1.807, 2.05) is 18.6 Å². The Bertz CT molecular complexity index is 1030. The molecule has 0 aliphatic carbocycles. The largest absolute Gasteiger partial charge is 0.385 e. The van der Waals surface area contributed by atoms with Crippen LogP contribution >= 0.6 is 0 Å². The van der Waals surface area contributed by atoms with Crippen molar-refractivity contribution in [2.45, 2.75) is 38.5 Å². The zero-order valence-electron chi connectivity index (χ0n) is 18.4. The second kappa shape index (κ2) is 6.72. The molecular formula is C23H31N8+. The molecule has 5 aliphatic heterocycles. The first kappa shape index (κ1) is 19.2. The van der Waals surface area contributed by atoms with Crippen molar-refractivity contribution in [3.05, 3.63) is 36.2 Å². The molecule has 5 aliphatic rings. The highest BCUT2D eigenvalue weighted by atomic mass is 15.9. The third-order valence-corrected chi connectivity index (χ3v) is 7.61. The van der Waals surface area contributed by atoms with Gasteiger partial charge in [0.15, 0.2) is 6.20 Å². The molecule has 0 aromatic heterocycles. The number of hydrogen-bond acceptors (Lipinski definition) is 7. The lowest BCUT2D eigenvalue weighted by atomic mass is 9.78. The van der Waals surface area contributed by atoms with Gasteiger partial charge < -0.3 is 16.0 Å². The number of nitrogens with one attached hydrogen (secondary N) is 3. The summed E-state index contributed by atoms with van der Waals surface area (Å²) in [4.78, 5) is 9.17. The predicted octanol–water partition coefficient (Wildman–Crippen LogP) is 2.85. The maximum absolute atomic E-state index is 5.06. The summed E-state index contributed by atoms with van der Waals surface area (Å²) in [6, 6.07) is 6.54. The van der Waals surface area contributed by atoms with E-state index in [4.69, 9.17) is 10.1 Å². The maximum Gasteiger partial charge on any atom is 0.301 e. The highest BCUT2D eigenvalue weighted by Gasteiger charge is 2.53. The van der Waals surface area contributed by atoms with Gasteiger partial charge in [-0.2, -0.15) is 0 Å². The molecule has 6 rings (SSSR count). The third-order valence-electron chi connectivity index (χ3n) is 7.61. The number of anilines is 2. The van der Waals surface area contributed by atoms with Crippen LogP contribution in [0, 0.1) is 5.41 Å². The van der Waals surface area contributed by atoms with E-state index in [2.05, 4.69) is 58.0 Å². The molecule has 0 amide bonds. The minimum atomic E-state index is 0.197. The van der Waals surface area contributed by atoms with E-state index in [1.54, 1.807) is 0 Å². The summed E-state index contributed by atoms with van der Waals surface area (Å²) in [5, 5.41) is 18.0. The average Bonchev–Trinajstić information content (AvgIpc) is 3.47. The molecule has 5 heterocycles. The number of quaternary nitrogens is 1. The number of aliphatic imine (C=N–C) groups is 2. The second-order valence-corrected chi connectivity index (χ2v) is 10.1. The molecule has 1 spiro atoms. The molecule has 2 fully saturated rings. The average molecular weight is 420 g/mol. The van der Waals surface area contributed by atoms with Crippen LogP contribution in [0.2, 0.25) is 0 Å². The molecule has 0 bridgehead atoms. The van der Waals surface area contributed by atoms with Crippen LogP contribution in [0.4, 0.5) is 11.4 Å². The van der Waals surface area contributed by atoms with E-state index in [1.165, 1.54) is 24.1 Å². The van der Waals surface area contributed by atoms with Crippen LogP contribution in [0.5, 0.6) is 0 Å². The topological polar surface area (TPSA) is 76.4 Å². The summed E-state index contributed by atoms with van der Waals surface area (Å²) in [7, 11) is 0. The van der Waals surface area contributed by atoms with E-state index < -0.39 is 0 Å². The van der Waals surface area contributed by atoms with Gasteiger partial charge in [0.25, 0.3) is 5.96 Å². The lowest BCUT2D eigenvalue weighted by Crippen LogP contribution is -2.56. The normalized spacial score (nSPS) is 33.1. The van der Waals surface area contributed by atoms with Gasteiger partial charge in [0.05, 0.1) is 19.3 Å². The number of nitrogens with zero attached hydrogens (tertiary/aromatic N) is 5. The second-order valence-electron chi connectivity index (χ2n) is 10.1. The van der Waals surface area contributed by atoms with Crippen LogP contribution in [0.3, 0.4) is 0 Å². The summed E-state index contributed by atoms with van der Waals surface area (Å²) in [5.74, 6) is 1.48. The minimum absolute atomic E-state index is 0.197. The summed E-state index contributed by atoms with van der Waals surface area (Å²) in [5.41, 5.74) is 4.13. The zero-order valence-corrected chi connectivity index (χ0v) is 18.4. The van der Waals surface area contributed by atoms with Gasteiger partial charge in [-0.05, 0) is 58.7 Å². The standard InChI is InChI=1S/C23H31N8/c1-22(2)5-9-26-19-13-17(3-4-18(19)22)27-21-28-20-14-24-10-12-31(20,29-21)30-11-7-23(16-30)6-8-25-15-23/h3-4,10,12-14,25-26H,5-9,11,15-16H2,1-2H3,(H,27,29)/q+1. The van der Waals surface area contributed by atoms with Crippen LogP contribution in [-0.2, 0) is 5.41 Å². The molecule has 1 aromatic rings. The molecule has 2 unspecified atom stereocenters. The Morgan fingerprint density at radius 3 is 2.97 bits per heavy atom. The Morgan fingerprint density at radius 1 is 1.16 bits per heavy atom. The third kappa shape index (κ3) is 3.04. The quantitative estimate of drug-likeness (QED) is 0.645. The number of guanidine groups is 1. The zero-order chi connectivity index (χ0) is 21.1. The van der Waals surface area contributed by atoms with Crippen LogP contribution in [0.1, 0.15) is 38.7 Å². The maximum atomic E-state index is 5.06. The molecule has 8 nitrogen and oxygen atoms in total. The Hall–Kier alpha value is -2.55. The van der Waals surface area contributed by atoms with Gasteiger partial charge >= 0.3 is 5.84 Å². The van der Waals surface area contributed by atoms with Gasteiger partial charge in [-0.25, -0.2) is 0 Å². The number of hydrogen-bond donors (Lipinski definition) is 3. The van der Waals surface area contributed by atoms with Crippen molar-refractivity contribution >= 4 is 29.4 Å². The van der Waals surface area contributed by atoms with E-state index in [9.17, 15) is 0 Å². The van der Waals surface area contributed by atoms with E-state index in [0.717, 1.165) is 50.7 Å². The summed E-state index contributed by atoms with van der Waals surface area (Å²) < 4.78 is 0.295. The number of fused-ring (bicyclic) bond motifs is 2. The first-order valence-corrected chi connectivity index (χ1v) is 11.4. The Morgan fingerprint density at radius 2 is 2.10 bits per heavy atom. The van der Waals surface area contributed by atoms with Crippen LogP contribution in [-0.4, -0.2) is 60.4 Å². The molecule has 2 saturated heterocycles. The lowest BCUT2D eigenvalue weighted by Gasteiger charge is -2.33. The molecule has 0 radical (unpaired) electrons. The Labute approximate surface area is 183 Å². The fourth-order valence-corrected chi connectivity index (χ4v) is 5.67. The van der Waals surface area contributed by atoms with Crippen molar-refractivity contribution in [3.8, 4) is 0 Å². The van der Waals surface area contributed by atoms with Crippen molar-refractivity contribution in [3.63, 3.8) is 0 Å². The highest BCUT2D eigenvalue weighted by Crippen LogP contribution is 2.41. The van der Waals surface area contributed by atoms with Gasteiger partial charge in [0.1, 0.15) is 6.21 Å². The fraction of sp³-hybridized carbons (Fsp3) is 0.522. The molecular weight excluding hydrogens is 388 g/mol. The van der Waals surface area contributed by atoms with Gasteiger partial charge in [0.2, 0.25) is 0 Å². The van der Waals surface area contributed by atoms with Gasteiger partial charge in [-0.3, -0.25) is 4.99 Å². The van der Waals surface area contributed by atoms with Gasteiger partial charge in [-0.15, -0.1) is 10.0 Å². The molecule has 8 heteroatoms. The molecule has 31 heavy (non-hydrogen) atoms. The summed E-state index contributed by atoms with van der Waals surface area (Å²) >= 11 is 0. The Balaban J connectivity index is 1.28. The van der Waals surface area contributed by atoms with Crippen molar-refractivity contribution in [2.75, 3.05) is 43.4 Å².